The molecule has 1 unspecified atom stereocenters. The van der Waals surface area contributed by atoms with Crippen LogP contribution >= 0.6 is 0 Å². The van der Waals surface area contributed by atoms with Crippen molar-refractivity contribution in [3.8, 4) is 0 Å². The first-order valence-corrected chi connectivity index (χ1v) is 6.28. The number of anilines is 1. The van der Waals surface area contributed by atoms with Gasteiger partial charge in [0.05, 0.1) is 22.6 Å². The maximum atomic E-state index is 7.38. The maximum Gasteiger partial charge on any atom is 0.150 e. The van der Waals surface area contributed by atoms with Gasteiger partial charge in [0.1, 0.15) is 0 Å². The van der Waals surface area contributed by atoms with Crippen LogP contribution in [0.15, 0.2) is 24.3 Å². The van der Waals surface area contributed by atoms with Crippen LogP contribution in [-0.4, -0.2) is 28.9 Å². The number of aromatic nitrogens is 2. The summed E-state index contributed by atoms with van der Waals surface area (Å²) in [5, 5.41) is 7.38. The van der Waals surface area contributed by atoms with E-state index in [1.54, 1.807) is 0 Å². The molecule has 2 aromatic rings. The van der Waals surface area contributed by atoms with E-state index in [9.17, 15) is 0 Å². The van der Waals surface area contributed by atoms with Gasteiger partial charge in [-0.1, -0.05) is 12.1 Å². The fourth-order valence-corrected chi connectivity index (χ4v) is 2.08. The fourth-order valence-electron chi connectivity index (χ4n) is 2.08. The Kier molecular flexibility index (Phi) is 3.64. The molecule has 19 heavy (non-hydrogen) atoms. The second-order valence-electron chi connectivity index (χ2n) is 4.81. The molecule has 2 rings (SSSR count). The molecule has 1 aromatic carbocycles. The number of para-hydroxylation sites is 2. The zero-order valence-corrected chi connectivity index (χ0v) is 11.5. The molecule has 5 heteroatoms. The molecule has 0 bridgehead atoms. The van der Waals surface area contributed by atoms with Gasteiger partial charge in [0.2, 0.25) is 0 Å². The van der Waals surface area contributed by atoms with Gasteiger partial charge < -0.3 is 10.6 Å². The van der Waals surface area contributed by atoms with Gasteiger partial charge >= 0.3 is 0 Å². The molecular weight excluding hydrogens is 238 g/mol. The zero-order chi connectivity index (χ0) is 14.0. The highest BCUT2D eigenvalue weighted by Crippen LogP contribution is 2.21. The summed E-state index contributed by atoms with van der Waals surface area (Å²) in [6.45, 7) is 3.98. The Morgan fingerprint density at radius 1 is 1.32 bits per heavy atom. The molecule has 0 aliphatic rings. The minimum atomic E-state index is 0.117. The van der Waals surface area contributed by atoms with Gasteiger partial charge in [-0.3, -0.25) is 5.41 Å². The van der Waals surface area contributed by atoms with E-state index in [1.165, 1.54) is 0 Å². The average Bonchev–Trinajstić information content (AvgIpc) is 2.36. The van der Waals surface area contributed by atoms with Crippen molar-refractivity contribution in [2.75, 3.05) is 11.9 Å². The van der Waals surface area contributed by atoms with Crippen molar-refractivity contribution >= 4 is 22.7 Å². The number of benzene rings is 1. The number of hydrogen-bond donors (Lipinski definition) is 2. The van der Waals surface area contributed by atoms with E-state index in [-0.39, 0.29) is 11.9 Å². The standard InChI is InChI=1S/C14H19N5/c1-9(8-13(15)16)19(3)14-10(2)17-11-6-4-5-7-12(11)18-14/h4-7,9H,8H2,1-3H3,(H3,15,16). The summed E-state index contributed by atoms with van der Waals surface area (Å²) in [7, 11) is 1.96. The lowest BCUT2D eigenvalue weighted by Gasteiger charge is -2.26. The summed E-state index contributed by atoms with van der Waals surface area (Å²) in [6.07, 6.45) is 0.518. The second kappa shape index (κ2) is 5.22. The van der Waals surface area contributed by atoms with Crippen molar-refractivity contribution in [1.82, 2.24) is 9.97 Å². The lowest BCUT2D eigenvalue weighted by molar-refractivity contribution is 0.697. The quantitative estimate of drug-likeness (QED) is 0.649. The van der Waals surface area contributed by atoms with Crippen LogP contribution in [0.5, 0.6) is 0 Å². The van der Waals surface area contributed by atoms with Crippen LogP contribution in [0.4, 0.5) is 5.82 Å². The molecule has 3 N–H and O–H groups in total. The van der Waals surface area contributed by atoms with E-state index in [4.69, 9.17) is 11.1 Å². The molecule has 1 heterocycles. The van der Waals surface area contributed by atoms with Crippen molar-refractivity contribution in [1.29, 1.82) is 5.41 Å². The zero-order valence-electron chi connectivity index (χ0n) is 11.5. The molecule has 1 aromatic heterocycles. The Hall–Kier alpha value is -2.17. The second-order valence-corrected chi connectivity index (χ2v) is 4.81. The Labute approximate surface area is 113 Å². The number of fused-ring (bicyclic) bond motifs is 1. The summed E-state index contributed by atoms with van der Waals surface area (Å²) in [5.41, 5.74) is 8.12. The van der Waals surface area contributed by atoms with Crippen LogP contribution in [0.25, 0.3) is 11.0 Å². The van der Waals surface area contributed by atoms with Crippen LogP contribution in [0.3, 0.4) is 0 Å². The van der Waals surface area contributed by atoms with Crippen LogP contribution < -0.4 is 10.6 Å². The monoisotopic (exact) mass is 257 g/mol. The van der Waals surface area contributed by atoms with Gasteiger partial charge in [-0.05, 0) is 26.0 Å². The summed E-state index contributed by atoms with van der Waals surface area (Å²) < 4.78 is 0. The summed E-state index contributed by atoms with van der Waals surface area (Å²) >= 11 is 0. The Morgan fingerprint density at radius 2 is 1.89 bits per heavy atom. The topological polar surface area (TPSA) is 78.9 Å². The molecule has 0 saturated heterocycles. The molecule has 0 saturated carbocycles. The van der Waals surface area contributed by atoms with Gasteiger partial charge in [-0.25, -0.2) is 9.97 Å². The van der Waals surface area contributed by atoms with Gasteiger partial charge in [0, 0.05) is 19.5 Å². The Balaban J connectivity index is 2.38. The molecular formula is C14H19N5. The molecule has 1 atom stereocenters. The van der Waals surface area contributed by atoms with E-state index in [1.807, 2.05) is 50.1 Å². The third kappa shape index (κ3) is 2.81. The molecule has 0 radical (unpaired) electrons. The first-order chi connectivity index (χ1) is 8.99. The van der Waals surface area contributed by atoms with Gasteiger partial charge in [-0.15, -0.1) is 0 Å². The van der Waals surface area contributed by atoms with E-state index in [0.717, 1.165) is 22.5 Å². The van der Waals surface area contributed by atoms with Crippen LogP contribution in [-0.2, 0) is 0 Å². The third-order valence-corrected chi connectivity index (χ3v) is 3.23. The third-order valence-electron chi connectivity index (χ3n) is 3.23. The fraction of sp³-hybridized carbons (Fsp3) is 0.357. The minimum absolute atomic E-state index is 0.117. The molecule has 0 spiro atoms. The molecule has 5 nitrogen and oxygen atoms in total. The number of aryl methyl sites for hydroxylation is 1. The lowest BCUT2D eigenvalue weighted by Crippen LogP contribution is -2.34. The van der Waals surface area contributed by atoms with E-state index >= 15 is 0 Å². The van der Waals surface area contributed by atoms with Gasteiger partial charge in [0.25, 0.3) is 0 Å². The van der Waals surface area contributed by atoms with Crippen molar-refractivity contribution < 1.29 is 0 Å². The number of amidine groups is 1. The highest BCUT2D eigenvalue weighted by atomic mass is 15.2. The highest BCUT2D eigenvalue weighted by Gasteiger charge is 2.16. The Morgan fingerprint density at radius 3 is 2.47 bits per heavy atom. The molecule has 0 aliphatic heterocycles. The SMILES string of the molecule is Cc1nc2ccccc2nc1N(C)C(C)CC(=N)N. The number of rotatable bonds is 4. The number of nitrogens with one attached hydrogen (secondary N) is 1. The minimum Gasteiger partial charge on any atom is -0.388 e. The largest absolute Gasteiger partial charge is 0.388 e. The Bertz CT molecular complexity index is 608. The predicted molar refractivity (Wildman–Crippen MR) is 78.7 cm³/mol. The maximum absolute atomic E-state index is 7.38. The normalized spacial score (nSPS) is 12.4. The van der Waals surface area contributed by atoms with Crippen molar-refractivity contribution in [3.63, 3.8) is 0 Å². The molecule has 0 aliphatic carbocycles. The molecule has 0 fully saturated rings. The first kappa shape index (κ1) is 13.3. The summed E-state index contributed by atoms with van der Waals surface area (Å²) in [4.78, 5) is 11.2. The van der Waals surface area contributed by atoms with Crippen molar-refractivity contribution in [2.24, 2.45) is 5.73 Å². The van der Waals surface area contributed by atoms with Crippen LogP contribution in [0.2, 0.25) is 0 Å². The van der Waals surface area contributed by atoms with E-state index in [0.29, 0.717) is 6.42 Å². The average molecular weight is 257 g/mol. The molecule has 0 amide bonds. The number of nitrogens with two attached hydrogens (primary N) is 1. The summed E-state index contributed by atoms with van der Waals surface area (Å²) in [6, 6.07) is 7.94. The van der Waals surface area contributed by atoms with Crippen molar-refractivity contribution in [3.05, 3.63) is 30.0 Å². The van der Waals surface area contributed by atoms with E-state index < -0.39 is 0 Å². The van der Waals surface area contributed by atoms with Gasteiger partial charge in [-0.2, -0.15) is 0 Å². The predicted octanol–water partition coefficient (Wildman–Crippen LogP) is 2.09. The number of hydrogen-bond acceptors (Lipinski definition) is 4. The van der Waals surface area contributed by atoms with Crippen molar-refractivity contribution in [2.45, 2.75) is 26.3 Å². The summed E-state index contributed by atoms with van der Waals surface area (Å²) in [5.74, 6) is 1.03. The first-order valence-electron chi connectivity index (χ1n) is 6.28. The lowest BCUT2D eigenvalue weighted by atomic mass is 10.2. The van der Waals surface area contributed by atoms with Gasteiger partial charge in [0.15, 0.2) is 5.82 Å². The number of nitrogens with zero attached hydrogens (tertiary/aromatic N) is 3. The highest BCUT2D eigenvalue weighted by molar-refractivity contribution is 5.79. The van der Waals surface area contributed by atoms with Crippen LogP contribution in [0, 0.1) is 12.3 Å². The smallest absolute Gasteiger partial charge is 0.150 e. The van der Waals surface area contributed by atoms with E-state index in [2.05, 4.69) is 9.97 Å². The molecule has 100 valence electrons. The van der Waals surface area contributed by atoms with Crippen LogP contribution in [0.1, 0.15) is 19.0 Å².